The Morgan fingerprint density at radius 3 is 2.74 bits per heavy atom. The number of hydrogen-bond acceptors (Lipinski definition) is 4. The molecule has 1 aromatic heterocycles. The summed E-state index contributed by atoms with van der Waals surface area (Å²) in [4.78, 5) is 13.2. The average molecular weight is 334 g/mol. The number of nitrogens with zero attached hydrogens (tertiary/aromatic N) is 4. The quantitative estimate of drug-likeness (QED) is 0.800. The highest BCUT2D eigenvalue weighted by Gasteiger charge is 2.12. The monoisotopic (exact) mass is 333 g/mol. The zero-order chi connectivity index (χ0) is 16.7. The maximum Gasteiger partial charge on any atom is 0.231 e. The summed E-state index contributed by atoms with van der Waals surface area (Å²) in [6, 6.07) is 9.92. The number of nitrogens with two attached hydrogens (primary N) is 1. The van der Waals surface area contributed by atoms with E-state index in [9.17, 15) is 4.79 Å². The first-order chi connectivity index (χ1) is 11.0. The SMILES string of the molecule is C/C(Cl)=C/Cn1cc(CN(CC(N)=O)Cc2ccccc2)nn1. The van der Waals surface area contributed by atoms with Gasteiger partial charge < -0.3 is 5.73 Å². The summed E-state index contributed by atoms with van der Waals surface area (Å²) in [7, 11) is 0. The molecule has 122 valence electrons. The van der Waals surface area contributed by atoms with Gasteiger partial charge in [-0.15, -0.1) is 5.10 Å². The fourth-order valence-corrected chi connectivity index (χ4v) is 2.25. The Kier molecular flexibility index (Phi) is 6.31. The van der Waals surface area contributed by atoms with Crippen molar-refractivity contribution >= 4 is 17.5 Å². The lowest BCUT2D eigenvalue weighted by Crippen LogP contribution is -2.33. The van der Waals surface area contributed by atoms with Crippen molar-refractivity contribution in [1.29, 1.82) is 0 Å². The molecule has 2 N–H and O–H groups in total. The lowest BCUT2D eigenvalue weighted by molar-refractivity contribution is -0.119. The lowest BCUT2D eigenvalue weighted by atomic mass is 10.2. The molecule has 0 radical (unpaired) electrons. The van der Waals surface area contributed by atoms with Gasteiger partial charge in [0.1, 0.15) is 0 Å². The van der Waals surface area contributed by atoms with Gasteiger partial charge in [0.25, 0.3) is 0 Å². The number of allylic oxidation sites excluding steroid dienone is 2. The molecule has 2 rings (SSSR count). The van der Waals surface area contributed by atoms with E-state index in [4.69, 9.17) is 17.3 Å². The summed E-state index contributed by atoms with van der Waals surface area (Å²) in [6.07, 6.45) is 3.69. The molecule has 0 aliphatic heterocycles. The van der Waals surface area contributed by atoms with Gasteiger partial charge >= 0.3 is 0 Å². The van der Waals surface area contributed by atoms with Gasteiger partial charge in [-0.2, -0.15) is 0 Å². The standard InChI is InChI=1S/C16H20ClN5O/c1-13(17)7-8-22-11-15(19-20-22)10-21(12-16(18)23)9-14-5-3-2-4-6-14/h2-7,11H,8-10,12H2,1H3,(H2,18,23)/b13-7-. The molecule has 0 saturated carbocycles. The summed E-state index contributed by atoms with van der Waals surface area (Å²) >= 11 is 5.81. The smallest absolute Gasteiger partial charge is 0.231 e. The van der Waals surface area contributed by atoms with Crippen LogP contribution in [0.15, 0.2) is 47.6 Å². The van der Waals surface area contributed by atoms with Crippen LogP contribution in [0.3, 0.4) is 0 Å². The van der Waals surface area contributed by atoms with Crippen LogP contribution in [-0.2, 0) is 24.4 Å². The first kappa shape index (κ1) is 17.2. The molecule has 1 aromatic carbocycles. The number of aromatic nitrogens is 3. The summed E-state index contributed by atoms with van der Waals surface area (Å²) in [5.41, 5.74) is 7.24. The van der Waals surface area contributed by atoms with Crippen LogP contribution >= 0.6 is 11.6 Å². The highest BCUT2D eigenvalue weighted by molar-refractivity contribution is 6.29. The maximum atomic E-state index is 11.3. The van der Waals surface area contributed by atoms with E-state index >= 15 is 0 Å². The van der Waals surface area contributed by atoms with Gasteiger partial charge in [-0.05, 0) is 18.6 Å². The molecule has 7 heteroatoms. The fraction of sp³-hybridized carbons (Fsp3) is 0.312. The number of primary amides is 1. The predicted molar refractivity (Wildman–Crippen MR) is 89.4 cm³/mol. The molecular weight excluding hydrogens is 314 g/mol. The van der Waals surface area contributed by atoms with Crippen LogP contribution in [0.1, 0.15) is 18.2 Å². The van der Waals surface area contributed by atoms with E-state index in [0.29, 0.717) is 24.7 Å². The summed E-state index contributed by atoms with van der Waals surface area (Å²) < 4.78 is 1.70. The van der Waals surface area contributed by atoms with Gasteiger partial charge in [-0.3, -0.25) is 9.69 Å². The van der Waals surface area contributed by atoms with E-state index < -0.39 is 0 Å². The largest absolute Gasteiger partial charge is 0.369 e. The average Bonchev–Trinajstić information content (AvgIpc) is 2.93. The third kappa shape index (κ3) is 6.22. The lowest BCUT2D eigenvalue weighted by Gasteiger charge is -2.19. The van der Waals surface area contributed by atoms with E-state index in [1.807, 2.05) is 54.4 Å². The number of benzene rings is 1. The van der Waals surface area contributed by atoms with Crippen molar-refractivity contribution < 1.29 is 4.79 Å². The molecule has 0 spiro atoms. The Morgan fingerprint density at radius 2 is 2.09 bits per heavy atom. The highest BCUT2D eigenvalue weighted by atomic mass is 35.5. The molecule has 1 amide bonds. The normalized spacial score (nSPS) is 11.9. The van der Waals surface area contributed by atoms with E-state index in [2.05, 4.69) is 10.3 Å². The second-order valence-corrected chi connectivity index (χ2v) is 5.92. The van der Waals surface area contributed by atoms with Gasteiger partial charge in [0.2, 0.25) is 5.91 Å². The van der Waals surface area contributed by atoms with Crippen molar-refractivity contribution in [3.63, 3.8) is 0 Å². The van der Waals surface area contributed by atoms with E-state index in [1.165, 1.54) is 0 Å². The van der Waals surface area contributed by atoms with Crippen molar-refractivity contribution in [2.75, 3.05) is 6.54 Å². The number of amides is 1. The van der Waals surface area contributed by atoms with Crippen LogP contribution in [0.4, 0.5) is 0 Å². The molecule has 23 heavy (non-hydrogen) atoms. The minimum Gasteiger partial charge on any atom is -0.369 e. The Balaban J connectivity index is 2.02. The van der Waals surface area contributed by atoms with E-state index in [0.717, 1.165) is 11.3 Å². The Bertz CT molecular complexity index is 664. The molecular formula is C16H20ClN5O. The van der Waals surface area contributed by atoms with Crippen molar-refractivity contribution in [2.24, 2.45) is 5.73 Å². The fourth-order valence-electron chi connectivity index (χ4n) is 2.18. The molecule has 0 unspecified atom stereocenters. The molecule has 6 nitrogen and oxygen atoms in total. The van der Waals surface area contributed by atoms with Gasteiger partial charge in [-0.1, -0.05) is 47.1 Å². The van der Waals surface area contributed by atoms with Crippen molar-refractivity contribution in [2.45, 2.75) is 26.6 Å². The Morgan fingerprint density at radius 1 is 1.35 bits per heavy atom. The van der Waals surface area contributed by atoms with Crippen LogP contribution < -0.4 is 5.73 Å². The van der Waals surface area contributed by atoms with Gasteiger partial charge in [0.05, 0.1) is 25.0 Å². The first-order valence-electron chi connectivity index (χ1n) is 7.29. The number of halogens is 1. The van der Waals surface area contributed by atoms with Crippen LogP contribution in [-0.4, -0.2) is 32.3 Å². The summed E-state index contributed by atoms with van der Waals surface area (Å²) in [5.74, 6) is -0.367. The number of rotatable bonds is 8. The predicted octanol–water partition coefficient (Wildman–Crippen LogP) is 1.91. The third-order valence-electron chi connectivity index (χ3n) is 3.16. The van der Waals surface area contributed by atoms with Gasteiger partial charge in [-0.25, -0.2) is 4.68 Å². The molecule has 0 aliphatic rings. The number of carbonyl (C=O) groups is 1. The Labute approximate surface area is 140 Å². The van der Waals surface area contributed by atoms with Crippen LogP contribution in [0, 0.1) is 0 Å². The zero-order valence-corrected chi connectivity index (χ0v) is 13.8. The van der Waals surface area contributed by atoms with E-state index in [-0.39, 0.29) is 12.5 Å². The second kappa shape index (κ2) is 8.45. The second-order valence-electron chi connectivity index (χ2n) is 5.32. The van der Waals surface area contributed by atoms with Crippen molar-refractivity contribution in [3.8, 4) is 0 Å². The first-order valence-corrected chi connectivity index (χ1v) is 7.66. The van der Waals surface area contributed by atoms with Crippen LogP contribution in [0.2, 0.25) is 0 Å². The topological polar surface area (TPSA) is 77.0 Å². The minimum absolute atomic E-state index is 0.169. The third-order valence-corrected chi connectivity index (χ3v) is 3.31. The molecule has 0 saturated heterocycles. The maximum absolute atomic E-state index is 11.3. The van der Waals surface area contributed by atoms with Crippen LogP contribution in [0.5, 0.6) is 0 Å². The molecule has 0 aliphatic carbocycles. The molecule has 2 aromatic rings. The Hall–Kier alpha value is -2.18. The van der Waals surface area contributed by atoms with Crippen LogP contribution in [0.25, 0.3) is 0 Å². The van der Waals surface area contributed by atoms with Crippen molar-refractivity contribution in [1.82, 2.24) is 19.9 Å². The van der Waals surface area contributed by atoms with Gasteiger partial charge in [0, 0.05) is 18.1 Å². The minimum atomic E-state index is -0.367. The molecule has 0 bridgehead atoms. The molecule has 0 fully saturated rings. The van der Waals surface area contributed by atoms with Crippen molar-refractivity contribution in [3.05, 3.63) is 58.9 Å². The summed E-state index contributed by atoms with van der Waals surface area (Å²) in [5, 5.41) is 8.89. The highest BCUT2D eigenvalue weighted by Crippen LogP contribution is 2.08. The van der Waals surface area contributed by atoms with E-state index in [1.54, 1.807) is 4.68 Å². The summed E-state index contributed by atoms with van der Waals surface area (Å²) in [6.45, 7) is 3.67. The number of carbonyl (C=O) groups excluding carboxylic acids is 1. The zero-order valence-electron chi connectivity index (χ0n) is 13.0. The molecule has 0 atom stereocenters. The van der Waals surface area contributed by atoms with Gasteiger partial charge in [0.15, 0.2) is 0 Å². The number of hydrogen-bond donors (Lipinski definition) is 1. The molecule has 1 heterocycles.